The number of aliphatic hydroxyl groups excluding tert-OH is 1. The molecule has 2 heterocycles. The maximum Gasteiger partial charge on any atom is 1.00 e. The Morgan fingerprint density at radius 2 is 1.08 bits per heavy atom. The van der Waals surface area contributed by atoms with E-state index in [1.165, 1.54) is 21.0 Å². The molecule has 388 valence electrons. The second-order valence-corrected chi connectivity index (χ2v) is 19.7. The Morgan fingerprint density at radius 1 is 0.662 bits per heavy atom. The van der Waals surface area contributed by atoms with Crippen LogP contribution in [0, 0.1) is 11.8 Å². The zero-order valence-corrected chi connectivity index (χ0v) is 45.2. The predicted molar refractivity (Wildman–Crippen MR) is 273 cm³/mol. The van der Waals surface area contributed by atoms with Gasteiger partial charge in [-0.1, -0.05) is 110 Å². The van der Waals surface area contributed by atoms with Crippen LogP contribution in [0.1, 0.15) is 114 Å². The van der Waals surface area contributed by atoms with Crippen molar-refractivity contribution in [3.8, 4) is 0 Å². The van der Waals surface area contributed by atoms with Crippen LogP contribution in [0.2, 0.25) is 0 Å². The van der Waals surface area contributed by atoms with Gasteiger partial charge in [0.05, 0.1) is 35.4 Å². The van der Waals surface area contributed by atoms with E-state index in [-0.39, 0.29) is 110 Å². The van der Waals surface area contributed by atoms with Crippen molar-refractivity contribution in [3.05, 3.63) is 131 Å². The van der Waals surface area contributed by atoms with Gasteiger partial charge in [0.2, 0.25) is 6.10 Å². The van der Waals surface area contributed by atoms with Gasteiger partial charge in [-0.15, -0.1) is 0 Å². The second-order valence-electron chi connectivity index (χ2n) is 19.4. The Kier molecular flexibility index (Phi) is 19.4. The molecule has 4 aromatic carbocycles. The first-order valence-corrected chi connectivity index (χ1v) is 25.6. The summed E-state index contributed by atoms with van der Waals surface area (Å²) in [4.78, 5) is 81.7. The van der Waals surface area contributed by atoms with Crippen LogP contribution < -0.4 is 39.4 Å². The number of methoxy groups -OCH3 is 1. The third-order valence-electron chi connectivity index (χ3n) is 14.6. The maximum atomic E-state index is 13.4. The fourth-order valence-electron chi connectivity index (χ4n) is 11.0. The SMILES string of the molecule is C=[O+]C(=O)[C@H](C)O.COC(=O)[C@H](C)OC(=O)N(C1CC1)C1c2ccccc2N(C(=O)OCc2ccccc2)C2CCCC21.O=C(OCc1ccccc1)N1c2ccccc2C(N(C(=O)Cl)C2CC2)C2CCCC21.[H-].[Na+]. The molecule has 6 aliphatic rings. The van der Waals surface area contributed by atoms with Crippen molar-refractivity contribution in [1.29, 1.82) is 0 Å². The number of rotatable bonds is 11. The molecule has 6 unspecified atom stereocenters. The number of nitrogens with zero attached hydrogens (tertiary/aromatic N) is 4. The van der Waals surface area contributed by atoms with E-state index in [0.29, 0.717) is 0 Å². The van der Waals surface area contributed by atoms with Crippen LogP contribution in [0.3, 0.4) is 0 Å². The summed E-state index contributed by atoms with van der Waals surface area (Å²) in [6.07, 6.45) is 6.09. The number of halogens is 1. The first-order chi connectivity index (χ1) is 35.3. The fourth-order valence-corrected chi connectivity index (χ4v) is 11.3. The van der Waals surface area contributed by atoms with Crippen LogP contribution in [-0.2, 0) is 46.2 Å². The van der Waals surface area contributed by atoms with Gasteiger partial charge in [-0.2, -0.15) is 0 Å². The molecule has 0 saturated heterocycles. The molecule has 16 nitrogen and oxygen atoms in total. The van der Waals surface area contributed by atoms with Gasteiger partial charge in [-0.25, -0.2) is 19.2 Å². The number of benzene rings is 4. The van der Waals surface area contributed by atoms with E-state index in [2.05, 4.69) is 11.2 Å². The van der Waals surface area contributed by atoms with Gasteiger partial charge in [-0.05, 0) is 111 Å². The van der Waals surface area contributed by atoms with E-state index < -0.39 is 30.2 Å². The van der Waals surface area contributed by atoms with E-state index in [4.69, 9.17) is 35.7 Å². The number of carbonyl (C=O) groups excluding carboxylic acids is 7. The monoisotopic (exact) mass is 1040 g/mol. The Bertz CT molecular complexity index is 2630. The van der Waals surface area contributed by atoms with Crippen LogP contribution >= 0.6 is 11.6 Å². The molecule has 8 atom stereocenters. The summed E-state index contributed by atoms with van der Waals surface area (Å²) in [5.74, 6) is -1.08. The molecule has 0 radical (unpaired) electrons. The Balaban J connectivity index is 0.000000214. The van der Waals surface area contributed by atoms with Gasteiger partial charge in [-0.3, -0.25) is 23.9 Å². The van der Waals surface area contributed by atoms with Crippen molar-refractivity contribution in [1.82, 2.24) is 9.80 Å². The van der Waals surface area contributed by atoms with Gasteiger partial charge in [0.1, 0.15) is 13.2 Å². The smallest absolute Gasteiger partial charge is 1.00 e. The molecular weight excluding hydrogens is 979 g/mol. The molecule has 0 spiro atoms. The van der Waals surface area contributed by atoms with E-state index >= 15 is 0 Å². The average Bonchev–Trinajstić information content (AvgIpc) is 4.33. The number of hydrogen-bond donors (Lipinski definition) is 1. The zero-order chi connectivity index (χ0) is 51.8. The van der Waals surface area contributed by atoms with E-state index in [0.717, 1.165) is 97.8 Å². The topological polar surface area (TPSA) is 184 Å². The summed E-state index contributed by atoms with van der Waals surface area (Å²) in [5.41, 5.74) is 5.41. The number of para-hydroxylation sites is 2. The Hall–Kier alpha value is -5.78. The summed E-state index contributed by atoms with van der Waals surface area (Å²) in [6.45, 7) is 6.07. The number of amides is 4. The molecule has 2 aliphatic heterocycles. The Labute approximate surface area is 460 Å². The summed E-state index contributed by atoms with van der Waals surface area (Å²) in [5, 5.41) is 7.92. The normalized spacial score (nSPS) is 22.5. The molecule has 0 bridgehead atoms. The van der Waals surface area contributed by atoms with Crippen molar-refractivity contribution in [2.75, 3.05) is 16.9 Å². The molecule has 0 aromatic heterocycles. The molecule has 10 rings (SSSR count). The van der Waals surface area contributed by atoms with Crippen LogP contribution in [0.4, 0.5) is 30.6 Å². The third kappa shape index (κ3) is 12.8. The van der Waals surface area contributed by atoms with Crippen LogP contribution in [0.15, 0.2) is 109 Å². The number of carbonyl (C=O) groups is 6. The number of anilines is 2. The van der Waals surface area contributed by atoms with E-state index in [1.54, 1.807) is 4.90 Å². The molecule has 4 saturated carbocycles. The predicted octanol–water partition coefficient (Wildman–Crippen LogP) is 7.47. The van der Waals surface area contributed by atoms with Gasteiger partial charge in [0.15, 0.2) is 12.9 Å². The first kappa shape index (κ1) is 56.0. The van der Waals surface area contributed by atoms with E-state index in [1.807, 2.05) is 124 Å². The molecule has 4 aromatic rings. The zero-order valence-electron chi connectivity index (χ0n) is 43.5. The summed E-state index contributed by atoms with van der Waals surface area (Å²) >= 11 is 6.07. The molecule has 74 heavy (non-hydrogen) atoms. The molecule has 1 N–H and O–H groups in total. The average molecular weight is 1040 g/mol. The Morgan fingerprint density at radius 3 is 1.47 bits per heavy atom. The largest absolute Gasteiger partial charge is 1.00 e. The van der Waals surface area contributed by atoms with Crippen molar-refractivity contribution < 1.29 is 88.2 Å². The van der Waals surface area contributed by atoms with Crippen molar-refractivity contribution in [2.45, 2.75) is 140 Å². The summed E-state index contributed by atoms with van der Waals surface area (Å²) in [7, 11) is 1.28. The van der Waals surface area contributed by atoms with Gasteiger partial charge < -0.3 is 30.4 Å². The van der Waals surface area contributed by atoms with E-state index in [9.17, 15) is 28.8 Å². The number of hydrogen-bond acceptors (Lipinski definition) is 11. The van der Waals surface area contributed by atoms with Crippen molar-refractivity contribution in [2.24, 2.45) is 11.8 Å². The molecule has 4 aliphatic carbocycles. The van der Waals surface area contributed by atoms with Crippen LogP contribution in [0.5, 0.6) is 0 Å². The number of fused-ring (bicyclic) bond motifs is 4. The van der Waals surface area contributed by atoms with Gasteiger partial charge in [0, 0.05) is 36.0 Å². The third-order valence-corrected chi connectivity index (χ3v) is 14.8. The number of aliphatic hydroxyl groups is 1. The second kappa shape index (κ2) is 25.6. The minimum atomic E-state index is -1.06. The molecular formula is C56H65ClN4NaO12+. The summed E-state index contributed by atoms with van der Waals surface area (Å²) < 4.78 is 25.6. The molecule has 4 fully saturated rings. The van der Waals surface area contributed by atoms with Crippen LogP contribution in [-0.4, -0.2) is 101 Å². The molecule has 18 heteroatoms. The minimum absolute atomic E-state index is 0. The number of esters is 1. The number of ether oxygens (including phenoxy) is 4. The standard InChI is InChI=1S/C28H32N2O6.C24H25ClN2O3.C4H7O3.Na.H/c1-18(26(31)34-2)36-28(33)29(20-15-16-20)25-21-11-6-7-13-23(21)30(24-14-8-12-22(24)25)27(32)35-17-19-9-4-3-5-10-19;25-23(28)26(17-13-14-17)22-18-9-4-5-11-20(18)27(21-12-6-10-19(21)22)24(29)30-15-16-7-2-1-3-8-16;1-3(5)4(6)7-2;;/h3-7,9-11,13,18,20,22,24-25H,8,12,14-17H2,1-2H3;1-5,7-9,11,17,19,21-22H,6,10,12-15H2;3,5H,2H2,1H3;;/q;;2*+1;-1/t18-,22?,24?,25?;;3-;;/m0.0../s1. The fraction of sp³-hybridized carbons (Fsp3) is 0.446. The van der Waals surface area contributed by atoms with Gasteiger partial charge in [0.25, 0.3) is 0 Å². The van der Waals surface area contributed by atoms with Crippen molar-refractivity contribution in [3.63, 3.8) is 0 Å². The van der Waals surface area contributed by atoms with Crippen molar-refractivity contribution >= 4 is 65.3 Å². The summed E-state index contributed by atoms with van der Waals surface area (Å²) in [6, 6.07) is 34.9. The minimum Gasteiger partial charge on any atom is -1.00 e. The first-order valence-electron chi connectivity index (χ1n) is 25.2. The van der Waals surface area contributed by atoms with Gasteiger partial charge >= 0.3 is 65.1 Å². The molecule has 4 amide bonds. The quantitative estimate of drug-likeness (QED) is 0.0393. The maximum absolute atomic E-state index is 13.4. The van der Waals surface area contributed by atoms with Crippen LogP contribution in [0.25, 0.3) is 0 Å².